The number of esters is 1. The summed E-state index contributed by atoms with van der Waals surface area (Å²) in [6.07, 6.45) is 11.7. The Morgan fingerprint density at radius 1 is 0.951 bits per heavy atom. The van der Waals surface area contributed by atoms with Gasteiger partial charge in [-0.1, -0.05) is 85.0 Å². The zero-order valence-corrected chi connectivity index (χ0v) is 23.3. The van der Waals surface area contributed by atoms with Gasteiger partial charge >= 0.3 is 5.97 Å². The van der Waals surface area contributed by atoms with Gasteiger partial charge in [-0.2, -0.15) is 0 Å². The van der Waals surface area contributed by atoms with Crippen LogP contribution in [0.15, 0.2) is 103 Å². The first kappa shape index (κ1) is 28.5. The lowest BCUT2D eigenvalue weighted by Gasteiger charge is -2.33. The normalized spacial score (nSPS) is 17.3. The molecule has 0 unspecified atom stereocenters. The summed E-state index contributed by atoms with van der Waals surface area (Å²) in [7, 11) is 0. The summed E-state index contributed by atoms with van der Waals surface area (Å²) >= 11 is 0. The first-order chi connectivity index (χ1) is 20.0. The number of ether oxygens (including phenoxy) is 2. The molecule has 212 valence electrons. The number of carbonyl (C=O) groups excluding carboxylic acids is 2. The molecule has 1 atom stereocenters. The largest absolute Gasteiger partial charge is 0.489 e. The number of benzene rings is 3. The summed E-state index contributed by atoms with van der Waals surface area (Å²) < 4.78 is 11.8. The molecule has 3 aromatic rings. The van der Waals surface area contributed by atoms with Crippen molar-refractivity contribution in [2.45, 2.75) is 37.9 Å². The number of likely N-dealkylation sites (tertiary alicyclic amines) is 1. The average Bonchev–Trinajstić information content (AvgIpc) is 3.04. The Kier molecular flexibility index (Phi) is 9.44. The van der Waals surface area contributed by atoms with Crippen LogP contribution in [-0.4, -0.2) is 48.5 Å². The Labute approximate surface area is 241 Å². The van der Waals surface area contributed by atoms with Gasteiger partial charge in [0.1, 0.15) is 18.6 Å². The molecular weight excluding hydrogens is 514 g/mol. The van der Waals surface area contributed by atoms with Crippen molar-refractivity contribution < 1.29 is 24.2 Å². The minimum Gasteiger partial charge on any atom is -0.489 e. The van der Waals surface area contributed by atoms with Gasteiger partial charge in [0.05, 0.1) is 6.61 Å². The van der Waals surface area contributed by atoms with Crippen LogP contribution in [0.4, 0.5) is 0 Å². The van der Waals surface area contributed by atoms with E-state index in [1.54, 1.807) is 60.7 Å². The van der Waals surface area contributed by atoms with Crippen molar-refractivity contribution in [3.05, 3.63) is 125 Å². The molecule has 0 saturated carbocycles. The van der Waals surface area contributed by atoms with E-state index in [1.807, 2.05) is 18.2 Å². The van der Waals surface area contributed by atoms with Gasteiger partial charge in [-0.15, -0.1) is 0 Å². The van der Waals surface area contributed by atoms with Gasteiger partial charge in [0, 0.05) is 17.7 Å². The molecule has 6 heteroatoms. The Bertz CT molecular complexity index is 1370. The number of carbonyl (C=O) groups is 2. The van der Waals surface area contributed by atoms with E-state index in [0.29, 0.717) is 22.4 Å². The lowest BCUT2D eigenvalue weighted by atomic mass is 9.86. The third-order valence-corrected chi connectivity index (χ3v) is 7.90. The zero-order chi connectivity index (χ0) is 28.5. The van der Waals surface area contributed by atoms with Gasteiger partial charge in [0.25, 0.3) is 0 Å². The standard InChI is InChI=1S/C35H37NO5/c37-24-28-14-16-29(17-15-28)25-40-33-13-7-12-32(22-33)35(39,31-10-5-2-6-11-31)34(38)41-26-30-18-20-36(21-19-30)23-27-8-3-1-4-9-27/h2-3,5-17,22,24,30,39H,1,4,18-21,23,25-26H2/t35-/m0/s1. The average molecular weight is 552 g/mol. The monoisotopic (exact) mass is 551 g/mol. The number of aldehydes is 1. The van der Waals surface area contributed by atoms with Gasteiger partial charge in [-0.3, -0.25) is 9.69 Å². The molecule has 1 aliphatic heterocycles. The molecule has 1 saturated heterocycles. The van der Waals surface area contributed by atoms with Gasteiger partial charge in [-0.05, 0) is 73.5 Å². The summed E-state index contributed by atoms with van der Waals surface area (Å²) in [5.41, 5.74) is 1.73. The first-order valence-corrected chi connectivity index (χ1v) is 14.3. The van der Waals surface area contributed by atoms with E-state index >= 15 is 0 Å². The first-order valence-electron chi connectivity index (χ1n) is 14.3. The fourth-order valence-electron chi connectivity index (χ4n) is 5.40. The van der Waals surface area contributed by atoms with E-state index in [1.165, 1.54) is 5.57 Å². The fraction of sp³-hybridized carbons (Fsp3) is 0.314. The summed E-state index contributed by atoms with van der Waals surface area (Å²) in [6, 6.07) is 23.0. The Hall–Kier alpha value is -4.00. The summed E-state index contributed by atoms with van der Waals surface area (Å²) in [6.45, 7) is 3.46. The van der Waals surface area contributed by atoms with E-state index in [9.17, 15) is 14.7 Å². The lowest BCUT2D eigenvalue weighted by Crippen LogP contribution is -2.41. The van der Waals surface area contributed by atoms with Crippen molar-refractivity contribution >= 4 is 12.3 Å². The van der Waals surface area contributed by atoms with E-state index in [4.69, 9.17) is 9.47 Å². The highest BCUT2D eigenvalue weighted by Crippen LogP contribution is 2.34. The van der Waals surface area contributed by atoms with Crippen molar-refractivity contribution in [3.8, 4) is 5.75 Å². The maximum absolute atomic E-state index is 13.6. The molecule has 0 radical (unpaired) electrons. The van der Waals surface area contributed by atoms with E-state index in [2.05, 4.69) is 23.1 Å². The Morgan fingerprint density at radius 3 is 2.41 bits per heavy atom. The molecule has 1 fully saturated rings. The van der Waals surface area contributed by atoms with Crippen LogP contribution in [0.2, 0.25) is 0 Å². The molecule has 1 aliphatic carbocycles. The predicted octanol–water partition coefficient (Wildman–Crippen LogP) is 5.85. The van der Waals surface area contributed by atoms with Crippen LogP contribution >= 0.6 is 0 Å². The maximum atomic E-state index is 13.6. The van der Waals surface area contributed by atoms with Crippen molar-refractivity contribution in [1.82, 2.24) is 4.90 Å². The third-order valence-electron chi connectivity index (χ3n) is 7.90. The van der Waals surface area contributed by atoms with Crippen molar-refractivity contribution in [3.63, 3.8) is 0 Å². The summed E-state index contributed by atoms with van der Waals surface area (Å²) in [4.78, 5) is 27.0. The van der Waals surface area contributed by atoms with Crippen LogP contribution < -0.4 is 4.74 Å². The van der Waals surface area contributed by atoms with Crippen molar-refractivity contribution in [2.75, 3.05) is 26.2 Å². The molecule has 3 aromatic carbocycles. The number of rotatable bonds is 11. The molecule has 0 amide bonds. The quantitative estimate of drug-likeness (QED) is 0.238. The number of piperidine rings is 1. The second kappa shape index (κ2) is 13.6. The van der Waals surface area contributed by atoms with Crippen LogP contribution in [0.3, 0.4) is 0 Å². The molecule has 5 rings (SSSR count). The van der Waals surface area contributed by atoms with Crippen LogP contribution in [-0.2, 0) is 21.7 Å². The van der Waals surface area contributed by atoms with Crippen molar-refractivity contribution in [1.29, 1.82) is 0 Å². The summed E-state index contributed by atoms with van der Waals surface area (Å²) in [5, 5.41) is 12.0. The molecule has 2 aliphatic rings. The molecular formula is C35H37NO5. The minimum atomic E-state index is -1.98. The molecule has 41 heavy (non-hydrogen) atoms. The molecule has 1 heterocycles. The molecule has 0 bridgehead atoms. The Morgan fingerprint density at radius 2 is 1.71 bits per heavy atom. The van der Waals surface area contributed by atoms with Crippen molar-refractivity contribution in [2.24, 2.45) is 5.92 Å². The molecule has 0 spiro atoms. The molecule has 1 N–H and O–H groups in total. The third kappa shape index (κ3) is 7.20. The fourth-order valence-corrected chi connectivity index (χ4v) is 5.40. The predicted molar refractivity (Wildman–Crippen MR) is 159 cm³/mol. The topological polar surface area (TPSA) is 76.1 Å². The van der Waals surface area contributed by atoms with E-state index in [-0.39, 0.29) is 19.1 Å². The second-order valence-electron chi connectivity index (χ2n) is 10.8. The van der Waals surface area contributed by atoms with E-state index in [0.717, 1.165) is 57.2 Å². The highest BCUT2D eigenvalue weighted by atomic mass is 16.5. The number of nitrogens with zero attached hydrogens (tertiary/aromatic N) is 1. The number of aliphatic hydroxyl groups is 1. The second-order valence-corrected chi connectivity index (χ2v) is 10.8. The molecule has 6 nitrogen and oxygen atoms in total. The van der Waals surface area contributed by atoms with Gasteiger partial charge in [0.15, 0.2) is 0 Å². The summed E-state index contributed by atoms with van der Waals surface area (Å²) in [5.74, 6) is 0.0796. The smallest absolute Gasteiger partial charge is 0.347 e. The SMILES string of the molecule is O=Cc1ccc(COc2cccc([C@](O)(C(=O)OCC3CCN(CC4=CCCC=C4)CC3)c3ccccc3)c2)cc1. The van der Waals surface area contributed by atoms with Crippen LogP contribution in [0.5, 0.6) is 5.75 Å². The maximum Gasteiger partial charge on any atom is 0.347 e. The van der Waals surface area contributed by atoms with Gasteiger partial charge < -0.3 is 14.6 Å². The zero-order valence-electron chi connectivity index (χ0n) is 23.3. The van der Waals surface area contributed by atoms with E-state index < -0.39 is 11.6 Å². The van der Waals surface area contributed by atoms with Gasteiger partial charge in [0.2, 0.25) is 5.60 Å². The highest BCUT2D eigenvalue weighted by molar-refractivity contribution is 5.85. The number of allylic oxidation sites excluding steroid dienone is 2. The lowest BCUT2D eigenvalue weighted by molar-refractivity contribution is -0.164. The Balaban J connectivity index is 1.24. The minimum absolute atomic E-state index is 0.256. The molecule has 0 aromatic heterocycles. The van der Waals surface area contributed by atoms with Gasteiger partial charge in [-0.25, -0.2) is 4.79 Å². The number of hydrogen-bond donors (Lipinski definition) is 1. The van der Waals surface area contributed by atoms with Crippen LogP contribution in [0.1, 0.15) is 52.7 Å². The van der Waals surface area contributed by atoms with Crippen LogP contribution in [0, 0.1) is 5.92 Å². The number of hydrogen-bond acceptors (Lipinski definition) is 6. The highest BCUT2D eigenvalue weighted by Gasteiger charge is 2.42. The van der Waals surface area contributed by atoms with Crippen LogP contribution in [0.25, 0.3) is 0 Å².